The number of para-hydroxylation sites is 1. The van der Waals surface area contributed by atoms with E-state index in [0.717, 1.165) is 0 Å². The van der Waals surface area contributed by atoms with Crippen LogP contribution in [0.4, 0.5) is 0 Å². The number of hydrogen-bond acceptors (Lipinski definition) is 5. The number of aryl methyl sites for hydroxylation is 1. The third-order valence-electron chi connectivity index (χ3n) is 3.47. The zero-order valence-corrected chi connectivity index (χ0v) is 14.9. The maximum absolute atomic E-state index is 12.5. The van der Waals surface area contributed by atoms with E-state index in [4.69, 9.17) is 21.4 Å². The topological polar surface area (TPSA) is 106 Å². The number of ether oxygens (including phenoxy) is 1. The summed E-state index contributed by atoms with van der Waals surface area (Å²) in [6, 6.07) is 7.05. The van der Waals surface area contributed by atoms with Crippen molar-refractivity contribution in [3.8, 4) is 5.69 Å². The first kappa shape index (κ1) is 18.9. The summed E-state index contributed by atoms with van der Waals surface area (Å²) in [4.78, 5) is 27.6. The minimum atomic E-state index is -1.08. The van der Waals surface area contributed by atoms with Gasteiger partial charge in [-0.3, -0.25) is 9.59 Å². The van der Waals surface area contributed by atoms with Crippen molar-refractivity contribution < 1.29 is 19.4 Å². The molecule has 2 aromatic rings. The van der Waals surface area contributed by atoms with Crippen molar-refractivity contribution in [2.45, 2.75) is 25.8 Å². The van der Waals surface area contributed by atoms with Crippen LogP contribution >= 0.6 is 11.6 Å². The molecule has 0 aliphatic rings. The maximum atomic E-state index is 12.5. The molecular weight excluding hydrogens is 348 g/mol. The zero-order valence-electron chi connectivity index (χ0n) is 14.1. The summed E-state index contributed by atoms with van der Waals surface area (Å²) in [5.74, 6) is -1.24. The summed E-state index contributed by atoms with van der Waals surface area (Å²) in [5, 5.41) is 16.3. The van der Waals surface area contributed by atoms with Gasteiger partial charge in [0, 0.05) is 7.11 Å². The normalized spacial score (nSPS) is 13.3. The number of hydrogen-bond donors (Lipinski definition) is 2. The maximum Gasteiger partial charge on any atom is 0.305 e. The van der Waals surface area contributed by atoms with Crippen LogP contribution in [0.1, 0.15) is 29.8 Å². The summed E-state index contributed by atoms with van der Waals surface area (Å²) in [7, 11) is 1.43. The molecule has 2 rings (SSSR count). The Hall–Kier alpha value is -2.45. The van der Waals surface area contributed by atoms with Crippen LogP contribution in [0.3, 0.4) is 0 Å². The van der Waals surface area contributed by atoms with Crippen molar-refractivity contribution in [2.24, 2.45) is 0 Å². The first-order chi connectivity index (χ1) is 11.8. The number of nitrogens with zero attached hydrogens (tertiary/aromatic N) is 3. The quantitative estimate of drug-likeness (QED) is 0.774. The van der Waals surface area contributed by atoms with Gasteiger partial charge < -0.3 is 15.2 Å². The number of carbonyl (C=O) groups excluding carboxylic acids is 1. The number of carbonyl (C=O) groups is 2. The Kier molecular flexibility index (Phi) is 5.76. The second-order valence-electron chi connectivity index (χ2n) is 5.86. The molecule has 25 heavy (non-hydrogen) atoms. The number of carboxylic acids is 1. The fourth-order valence-corrected chi connectivity index (χ4v) is 2.67. The lowest BCUT2D eigenvalue weighted by molar-refractivity contribution is -0.139. The molecule has 1 aromatic carbocycles. The zero-order chi connectivity index (χ0) is 18.6. The Balaban J connectivity index is 2.27. The van der Waals surface area contributed by atoms with E-state index in [-0.39, 0.29) is 18.9 Å². The highest BCUT2D eigenvalue weighted by molar-refractivity contribution is 6.32. The van der Waals surface area contributed by atoms with Gasteiger partial charge in [0.15, 0.2) is 0 Å². The summed E-state index contributed by atoms with van der Waals surface area (Å²) in [5.41, 5.74) is -0.486. The molecule has 0 radical (unpaired) electrons. The highest BCUT2D eigenvalue weighted by Gasteiger charge is 2.31. The number of benzene rings is 1. The molecule has 1 heterocycles. The van der Waals surface area contributed by atoms with E-state index in [1.807, 2.05) is 0 Å². The van der Waals surface area contributed by atoms with Gasteiger partial charge in [-0.15, -0.1) is 5.10 Å². The molecule has 0 saturated heterocycles. The monoisotopic (exact) mass is 366 g/mol. The van der Waals surface area contributed by atoms with Gasteiger partial charge in [0.25, 0.3) is 5.91 Å². The second kappa shape index (κ2) is 7.62. The van der Waals surface area contributed by atoms with Crippen molar-refractivity contribution in [2.75, 3.05) is 13.7 Å². The van der Waals surface area contributed by atoms with Crippen LogP contribution in [0.2, 0.25) is 5.02 Å². The molecule has 0 spiro atoms. The lowest BCUT2D eigenvalue weighted by Gasteiger charge is -2.27. The number of rotatable bonds is 7. The molecule has 0 saturated carbocycles. The summed E-state index contributed by atoms with van der Waals surface area (Å²) >= 11 is 6.15. The molecule has 1 aromatic heterocycles. The summed E-state index contributed by atoms with van der Waals surface area (Å²) in [6.45, 7) is 3.31. The highest BCUT2D eigenvalue weighted by atomic mass is 35.5. The number of amides is 1. The molecule has 0 aliphatic carbocycles. The van der Waals surface area contributed by atoms with Crippen molar-refractivity contribution in [1.82, 2.24) is 20.1 Å². The average molecular weight is 367 g/mol. The van der Waals surface area contributed by atoms with E-state index >= 15 is 0 Å². The van der Waals surface area contributed by atoms with Crippen LogP contribution in [-0.4, -0.2) is 51.0 Å². The number of aromatic nitrogens is 3. The lowest BCUT2D eigenvalue weighted by atomic mass is 9.99. The van der Waals surface area contributed by atoms with Crippen LogP contribution in [0.15, 0.2) is 24.3 Å². The fraction of sp³-hybridized carbons (Fsp3) is 0.375. The Labute approximate surface area is 149 Å². The first-order valence-corrected chi connectivity index (χ1v) is 7.85. The Morgan fingerprint density at radius 2 is 2.08 bits per heavy atom. The average Bonchev–Trinajstić information content (AvgIpc) is 2.89. The molecule has 2 N–H and O–H groups in total. The fourth-order valence-electron chi connectivity index (χ4n) is 2.45. The van der Waals surface area contributed by atoms with Gasteiger partial charge in [0.2, 0.25) is 5.82 Å². The number of carboxylic acid groups (broad SMARTS) is 1. The molecular formula is C16H19ClN4O4. The molecule has 8 nitrogen and oxygen atoms in total. The molecule has 1 amide bonds. The molecule has 0 unspecified atom stereocenters. The molecule has 0 aliphatic heterocycles. The standard InChI is InChI=1S/C16H19ClN4O4/c1-10-18-14(20-21(10)12-7-5-4-6-11(12)17)15(24)19-16(2,9-25-3)8-13(22)23/h4-7H,8-9H2,1-3H3,(H,19,24)(H,22,23)/t16-/m1/s1. The third-order valence-corrected chi connectivity index (χ3v) is 3.79. The van der Waals surface area contributed by atoms with E-state index in [1.54, 1.807) is 38.1 Å². The van der Waals surface area contributed by atoms with Crippen molar-refractivity contribution in [3.05, 3.63) is 40.9 Å². The summed E-state index contributed by atoms with van der Waals surface area (Å²) in [6.07, 6.45) is -0.295. The minimum absolute atomic E-state index is 0.0369. The number of aliphatic carboxylic acids is 1. The first-order valence-electron chi connectivity index (χ1n) is 7.47. The molecule has 0 bridgehead atoms. The van der Waals surface area contributed by atoms with Gasteiger partial charge in [-0.1, -0.05) is 23.7 Å². The molecule has 0 fully saturated rings. The van der Waals surface area contributed by atoms with Gasteiger partial charge in [-0.05, 0) is 26.0 Å². The van der Waals surface area contributed by atoms with Gasteiger partial charge in [0.1, 0.15) is 5.82 Å². The van der Waals surface area contributed by atoms with Gasteiger partial charge in [-0.2, -0.15) is 0 Å². The van der Waals surface area contributed by atoms with Crippen LogP contribution in [0, 0.1) is 6.92 Å². The predicted molar refractivity (Wildman–Crippen MR) is 91.1 cm³/mol. The van der Waals surface area contributed by atoms with E-state index in [1.165, 1.54) is 11.8 Å². The van der Waals surface area contributed by atoms with Gasteiger partial charge in [0.05, 0.1) is 29.3 Å². The van der Waals surface area contributed by atoms with Crippen molar-refractivity contribution >= 4 is 23.5 Å². The van der Waals surface area contributed by atoms with Crippen molar-refractivity contribution in [1.29, 1.82) is 0 Å². The number of nitrogens with one attached hydrogen (secondary N) is 1. The van der Waals surface area contributed by atoms with E-state index in [2.05, 4.69) is 15.4 Å². The summed E-state index contributed by atoms with van der Waals surface area (Å²) < 4.78 is 6.48. The van der Waals surface area contributed by atoms with E-state index < -0.39 is 17.4 Å². The Morgan fingerprint density at radius 1 is 1.40 bits per heavy atom. The van der Waals surface area contributed by atoms with E-state index in [9.17, 15) is 9.59 Å². The van der Waals surface area contributed by atoms with Crippen LogP contribution in [0.5, 0.6) is 0 Å². The molecule has 9 heteroatoms. The van der Waals surface area contributed by atoms with Crippen LogP contribution in [-0.2, 0) is 9.53 Å². The van der Waals surface area contributed by atoms with E-state index in [0.29, 0.717) is 16.5 Å². The Bertz CT molecular complexity index is 792. The number of methoxy groups -OCH3 is 1. The number of halogens is 1. The highest BCUT2D eigenvalue weighted by Crippen LogP contribution is 2.20. The third kappa shape index (κ3) is 4.55. The Morgan fingerprint density at radius 3 is 2.68 bits per heavy atom. The molecule has 134 valence electrons. The second-order valence-corrected chi connectivity index (χ2v) is 6.27. The van der Waals surface area contributed by atoms with Gasteiger partial charge >= 0.3 is 5.97 Å². The molecule has 1 atom stereocenters. The lowest BCUT2D eigenvalue weighted by Crippen LogP contribution is -2.51. The largest absolute Gasteiger partial charge is 0.481 e. The minimum Gasteiger partial charge on any atom is -0.481 e. The van der Waals surface area contributed by atoms with Crippen LogP contribution in [0.25, 0.3) is 5.69 Å². The van der Waals surface area contributed by atoms with Crippen molar-refractivity contribution in [3.63, 3.8) is 0 Å². The van der Waals surface area contributed by atoms with Crippen LogP contribution < -0.4 is 5.32 Å². The SMILES string of the molecule is COC[C@@](C)(CC(=O)O)NC(=O)c1nc(C)n(-c2ccccc2Cl)n1. The predicted octanol–water partition coefficient (Wildman–Crippen LogP) is 1.84. The smallest absolute Gasteiger partial charge is 0.305 e. The van der Waals surface area contributed by atoms with Gasteiger partial charge in [-0.25, -0.2) is 9.67 Å².